The molecule has 0 aliphatic carbocycles. The minimum Gasteiger partial charge on any atom is -0.494 e. The maximum absolute atomic E-state index is 5.84. The highest BCUT2D eigenvalue weighted by molar-refractivity contribution is 5.82. The zero-order chi connectivity index (χ0) is 22.0. The molecule has 0 aromatic heterocycles. The Morgan fingerprint density at radius 2 is 1.03 bits per heavy atom. The first-order valence-corrected chi connectivity index (χ1v) is 12.3. The molecule has 3 nitrogen and oxygen atoms in total. The monoisotopic (exact) mass is 423 g/mol. The molecule has 0 saturated carbocycles. The van der Waals surface area contributed by atoms with E-state index in [0.717, 1.165) is 48.8 Å². The van der Waals surface area contributed by atoms with E-state index < -0.39 is 0 Å². The zero-order valence-electron chi connectivity index (χ0n) is 19.7. The third kappa shape index (κ3) is 11.6. The van der Waals surface area contributed by atoms with Gasteiger partial charge in [0.2, 0.25) is 0 Å². The van der Waals surface area contributed by atoms with Gasteiger partial charge in [0, 0.05) is 6.21 Å². The van der Waals surface area contributed by atoms with Crippen LogP contribution < -0.4 is 9.47 Å². The third-order valence-corrected chi connectivity index (χ3v) is 5.36. The number of unbranched alkanes of at least 4 members (excludes halogenated alkanes) is 9. The molecule has 2 aromatic carbocycles. The summed E-state index contributed by atoms with van der Waals surface area (Å²) < 4.78 is 11.7. The van der Waals surface area contributed by atoms with Crippen LogP contribution in [0.4, 0.5) is 5.69 Å². The fourth-order valence-corrected chi connectivity index (χ4v) is 3.40. The van der Waals surface area contributed by atoms with E-state index in [9.17, 15) is 0 Å². The first-order valence-electron chi connectivity index (χ1n) is 12.3. The van der Waals surface area contributed by atoms with E-state index in [1.54, 1.807) is 0 Å². The lowest BCUT2D eigenvalue weighted by Crippen LogP contribution is -1.97. The fourth-order valence-electron chi connectivity index (χ4n) is 3.40. The molecule has 0 saturated heterocycles. The van der Waals surface area contributed by atoms with Crippen molar-refractivity contribution in [2.45, 2.75) is 84.5 Å². The Hall–Kier alpha value is -2.29. The van der Waals surface area contributed by atoms with Gasteiger partial charge in [0.25, 0.3) is 0 Å². The lowest BCUT2D eigenvalue weighted by molar-refractivity contribution is 0.304. The molecule has 31 heavy (non-hydrogen) atoms. The molecule has 2 aromatic rings. The van der Waals surface area contributed by atoms with E-state index >= 15 is 0 Å². The second kappa shape index (κ2) is 16.4. The molecule has 0 heterocycles. The minimum absolute atomic E-state index is 0.791. The Morgan fingerprint density at radius 1 is 0.581 bits per heavy atom. The lowest BCUT2D eigenvalue weighted by atomic mass is 10.1. The Bertz CT molecular complexity index is 707. The molecule has 0 radical (unpaired) electrons. The van der Waals surface area contributed by atoms with Gasteiger partial charge in [-0.3, -0.25) is 4.99 Å². The average Bonchev–Trinajstić information content (AvgIpc) is 2.81. The van der Waals surface area contributed by atoms with Crippen molar-refractivity contribution < 1.29 is 9.47 Å². The molecular formula is C28H41NO2. The van der Waals surface area contributed by atoms with Crippen molar-refractivity contribution in [2.24, 2.45) is 4.99 Å². The van der Waals surface area contributed by atoms with Crippen LogP contribution in [0, 0.1) is 0 Å². The number of ether oxygens (including phenoxy) is 2. The van der Waals surface area contributed by atoms with Crippen molar-refractivity contribution in [3.05, 3.63) is 54.1 Å². The highest BCUT2D eigenvalue weighted by Gasteiger charge is 1.97. The summed E-state index contributed by atoms with van der Waals surface area (Å²) in [6.07, 6.45) is 15.9. The fraction of sp³-hybridized carbons (Fsp3) is 0.536. The van der Waals surface area contributed by atoms with Gasteiger partial charge in [-0.25, -0.2) is 0 Å². The molecule has 0 N–H and O–H groups in total. The Morgan fingerprint density at radius 3 is 1.55 bits per heavy atom. The van der Waals surface area contributed by atoms with Gasteiger partial charge in [-0.2, -0.15) is 0 Å². The standard InChI is InChI=1S/C28H41NO2/c1-3-5-7-9-11-13-23-30-27-18-14-25(15-19-27)24-29-26-16-20-28(21-17-26)31-22-12-10-8-6-4-2/h14-21,24H,3-13,22-23H2,1-2H3. The average molecular weight is 424 g/mol. The van der Waals surface area contributed by atoms with Crippen molar-refractivity contribution in [1.82, 2.24) is 0 Å². The molecule has 0 spiro atoms. The number of hydrogen-bond donors (Lipinski definition) is 0. The normalized spacial score (nSPS) is 11.2. The van der Waals surface area contributed by atoms with E-state index in [2.05, 4.69) is 31.0 Å². The van der Waals surface area contributed by atoms with Crippen LogP contribution in [-0.2, 0) is 0 Å². The minimum atomic E-state index is 0.791. The lowest BCUT2D eigenvalue weighted by Gasteiger charge is -2.06. The summed E-state index contributed by atoms with van der Waals surface area (Å²) in [5.74, 6) is 1.85. The molecule has 0 fully saturated rings. The second-order valence-electron chi connectivity index (χ2n) is 8.20. The predicted molar refractivity (Wildman–Crippen MR) is 133 cm³/mol. The maximum Gasteiger partial charge on any atom is 0.119 e. The number of rotatable bonds is 17. The smallest absolute Gasteiger partial charge is 0.119 e. The van der Waals surface area contributed by atoms with Crippen LogP contribution in [0.1, 0.15) is 90.0 Å². The third-order valence-electron chi connectivity index (χ3n) is 5.36. The highest BCUT2D eigenvalue weighted by atomic mass is 16.5. The van der Waals surface area contributed by atoms with Crippen LogP contribution in [0.15, 0.2) is 53.5 Å². The molecule has 0 atom stereocenters. The topological polar surface area (TPSA) is 30.8 Å². The van der Waals surface area contributed by atoms with Crippen molar-refractivity contribution in [1.29, 1.82) is 0 Å². The molecule has 2 rings (SSSR count). The van der Waals surface area contributed by atoms with E-state index in [1.165, 1.54) is 57.8 Å². The van der Waals surface area contributed by atoms with E-state index in [0.29, 0.717) is 0 Å². The summed E-state index contributed by atoms with van der Waals surface area (Å²) in [4.78, 5) is 4.57. The number of nitrogens with zero attached hydrogens (tertiary/aromatic N) is 1. The number of benzene rings is 2. The summed E-state index contributed by atoms with van der Waals surface area (Å²) in [7, 11) is 0. The number of aliphatic imine (C=N–C) groups is 1. The summed E-state index contributed by atoms with van der Waals surface area (Å²) >= 11 is 0. The van der Waals surface area contributed by atoms with Crippen LogP contribution in [0.3, 0.4) is 0 Å². The summed E-state index contributed by atoms with van der Waals surface area (Å²) in [5, 5.41) is 0. The van der Waals surface area contributed by atoms with Gasteiger partial charge in [-0.1, -0.05) is 71.6 Å². The van der Waals surface area contributed by atoms with Crippen LogP contribution >= 0.6 is 0 Å². The Balaban J connectivity index is 1.66. The first-order chi connectivity index (χ1) is 15.3. The van der Waals surface area contributed by atoms with Gasteiger partial charge < -0.3 is 9.47 Å². The van der Waals surface area contributed by atoms with Crippen molar-refractivity contribution in [3.63, 3.8) is 0 Å². The molecule has 0 amide bonds. The van der Waals surface area contributed by atoms with E-state index in [1.807, 2.05) is 42.6 Å². The number of hydrogen-bond acceptors (Lipinski definition) is 3. The van der Waals surface area contributed by atoms with Gasteiger partial charge >= 0.3 is 0 Å². The van der Waals surface area contributed by atoms with Gasteiger partial charge in [0.05, 0.1) is 18.9 Å². The largest absolute Gasteiger partial charge is 0.494 e. The van der Waals surface area contributed by atoms with Gasteiger partial charge in [0.1, 0.15) is 11.5 Å². The molecule has 0 unspecified atom stereocenters. The molecule has 0 aliphatic rings. The second-order valence-corrected chi connectivity index (χ2v) is 8.20. The molecule has 3 heteroatoms. The van der Waals surface area contributed by atoms with Crippen LogP contribution in [0.5, 0.6) is 11.5 Å². The maximum atomic E-state index is 5.84. The predicted octanol–water partition coefficient (Wildman–Crippen LogP) is 8.53. The molecule has 0 bridgehead atoms. The van der Waals surface area contributed by atoms with Crippen molar-refractivity contribution in [3.8, 4) is 11.5 Å². The SMILES string of the molecule is CCCCCCCCOc1ccc(C=Nc2ccc(OCCCCCCC)cc2)cc1. The van der Waals surface area contributed by atoms with Gasteiger partial charge in [0.15, 0.2) is 0 Å². The van der Waals surface area contributed by atoms with Crippen LogP contribution in [-0.4, -0.2) is 19.4 Å². The highest BCUT2D eigenvalue weighted by Crippen LogP contribution is 2.19. The molecule has 170 valence electrons. The molecular weight excluding hydrogens is 382 g/mol. The Labute approximate surface area is 189 Å². The zero-order valence-corrected chi connectivity index (χ0v) is 19.7. The summed E-state index contributed by atoms with van der Waals surface area (Å²) in [6.45, 7) is 6.08. The van der Waals surface area contributed by atoms with Gasteiger partial charge in [-0.05, 0) is 66.9 Å². The van der Waals surface area contributed by atoms with Crippen molar-refractivity contribution in [2.75, 3.05) is 13.2 Å². The van der Waals surface area contributed by atoms with Gasteiger partial charge in [-0.15, -0.1) is 0 Å². The quantitative estimate of drug-likeness (QED) is 0.188. The van der Waals surface area contributed by atoms with Crippen LogP contribution in [0.25, 0.3) is 0 Å². The van der Waals surface area contributed by atoms with Crippen molar-refractivity contribution >= 4 is 11.9 Å². The van der Waals surface area contributed by atoms with Crippen LogP contribution in [0.2, 0.25) is 0 Å². The molecule has 0 aliphatic heterocycles. The summed E-state index contributed by atoms with van der Waals surface area (Å²) in [6, 6.07) is 16.1. The van der Waals surface area contributed by atoms with E-state index in [4.69, 9.17) is 9.47 Å². The summed E-state index contributed by atoms with van der Waals surface area (Å²) in [5.41, 5.74) is 2.00. The Kier molecular flexibility index (Phi) is 13.2. The first kappa shape index (κ1) is 25.0. The van der Waals surface area contributed by atoms with E-state index in [-0.39, 0.29) is 0 Å².